The van der Waals surface area contributed by atoms with E-state index in [-0.39, 0.29) is 12.5 Å². The van der Waals surface area contributed by atoms with Crippen molar-refractivity contribution in [3.05, 3.63) is 29.8 Å². The molecule has 0 aliphatic carbocycles. The summed E-state index contributed by atoms with van der Waals surface area (Å²) in [7, 11) is 0. The number of hydrogen-bond donors (Lipinski definition) is 1. The number of aliphatic hydroxyl groups excluding tert-OH is 1. The molecule has 19 heavy (non-hydrogen) atoms. The molecule has 0 aromatic heterocycles. The van der Waals surface area contributed by atoms with Gasteiger partial charge in [-0.2, -0.15) is 13.2 Å². The number of halogens is 3. The number of aliphatic hydroxyl groups is 1. The summed E-state index contributed by atoms with van der Waals surface area (Å²) < 4.78 is 37.9. The van der Waals surface area contributed by atoms with Gasteiger partial charge in [0.1, 0.15) is 6.29 Å². The molecule has 6 heteroatoms. The second-order valence-electron chi connectivity index (χ2n) is 4.60. The Kier molecular flexibility index (Phi) is 3.80. The van der Waals surface area contributed by atoms with Crippen LogP contribution in [0.2, 0.25) is 0 Å². The number of aldehydes is 1. The molecule has 0 spiro atoms. The van der Waals surface area contributed by atoms with Crippen LogP contribution >= 0.6 is 0 Å². The van der Waals surface area contributed by atoms with Crippen LogP contribution in [0, 0.1) is 5.92 Å². The van der Waals surface area contributed by atoms with Gasteiger partial charge < -0.3 is 14.8 Å². The van der Waals surface area contributed by atoms with Crippen LogP contribution in [-0.2, 0) is 11.0 Å². The fourth-order valence-corrected chi connectivity index (χ4v) is 2.43. The monoisotopic (exact) mass is 273 g/mol. The van der Waals surface area contributed by atoms with E-state index in [1.165, 1.54) is 6.07 Å². The van der Waals surface area contributed by atoms with Crippen LogP contribution in [-0.4, -0.2) is 30.6 Å². The van der Waals surface area contributed by atoms with Crippen LogP contribution in [0.4, 0.5) is 18.9 Å². The van der Waals surface area contributed by atoms with Crippen molar-refractivity contribution in [3.8, 4) is 0 Å². The lowest BCUT2D eigenvalue weighted by molar-refractivity contribution is -0.137. The first-order valence-electron chi connectivity index (χ1n) is 5.97. The third-order valence-electron chi connectivity index (χ3n) is 3.46. The molecule has 0 bridgehead atoms. The molecular formula is C13H14F3NO2. The van der Waals surface area contributed by atoms with Crippen LogP contribution in [0.3, 0.4) is 0 Å². The van der Waals surface area contributed by atoms with Crippen molar-refractivity contribution in [2.45, 2.75) is 18.6 Å². The van der Waals surface area contributed by atoms with Crippen LogP contribution in [0.15, 0.2) is 24.3 Å². The Balaban J connectivity index is 2.30. The van der Waals surface area contributed by atoms with Crippen molar-refractivity contribution >= 4 is 12.0 Å². The Morgan fingerprint density at radius 1 is 1.42 bits per heavy atom. The summed E-state index contributed by atoms with van der Waals surface area (Å²) in [6.07, 6.45) is -3.12. The zero-order valence-corrected chi connectivity index (χ0v) is 10.1. The third-order valence-corrected chi connectivity index (χ3v) is 3.46. The fourth-order valence-electron chi connectivity index (χ4n) is 2.43. The standard InChI is InChI=1S/C13H14F3NO2/c14-13(15,16)10-2-1-3-11(6-10)17-5-4-9(7-18)12(17)8-19/h1-3,6,8-9,12,18H,4-5,7H2. The summed E-state index contributed by atoms with van der Waals surface area (Å²) >= 11 is 0. The molecule has 1 aromatic carbocycles. The highest BCUT2D eigenvalue weighted by Gasteiger charge is 2.35. The predicted octanol–water partition coefficient (Wildman–Crippen LogP) is 2.09. The van der Waals surface area contributed by atoms with E-state index in [1.807, 2.05) is 0 Å². The van der Waals surface area contributed by atoms with Crippen LogP contribution in [0.25, 0.3) is 0 Å². The highest BCUT2D eigenvalue weighted by molar-refractivity contribution is 5.68. The van der Waals surface area contributed by atoms with E-state index in [9.17, 15) is 18.0 Å². The summed E-state index contributed by atoms with van der Waals surface area (Å²) in [4.78, 5) is 12.7. The van der Waals surface area contributed by atoms with Gasteiger partial charge in [0.25, 0.3) is 0 Å². The van der Waals surface area contributed by atoms with Gasteiger partial charge in [-0.25, -0.2) is 0 Å². The van der Waals surface area contributed by atoms with E-state index in [2.05, 4.69) is 0 Å². The molecule has 2 atom stereocenters. The minimum absolute atomic E-state index is 0.140. The molecule has 2 rings (SSSR count). The van der Waals surface area contributed by atoms with Gasteiger partial charge in [-0.05, 0) is 24.6 Å². The SMILES string of the molecule is O=CC1C(CO)CCN1c1cccc(C(F)(F)F)c1. The van der Waals surface area contributed by atoms with Gasteiger partial charge in [0.15, 0.2) is 0 Å². The maximum Gasteiger partial charge on any atom is 0.416 e. The molecule has 1 heterocycles. The van der Waals surface area contributed by atoms with Crippen LogP contribution < -0.4 is 4.90 Å². The predicted molar refractivity (Wildman–Crippen MR) is 63.8 cm³/mol. The maximum absolute atomic E-state index is 12.6. The molecule has 0 radical (unpaired) electrons. The first kappa shape index (κ1) is 13.9. The number of carbonyl (C=O) groups is 1. The quantitative estimate of drug-likeness (QED) is 0.857. The molecule has 1 aliphatic rings. The van der Waals surface area contributed by atoms with Gasteiger partial charge >= 0.3 is 6.18 Å². The molecular weight excluding hydrogens is 259 g/mol. The number of alkyl halides is 3. The summed E-state index contributed by atoms with van der Waals surface area (Å²) in [6, 6.07) is 4.35. The Hall–Kier alpha value is -1.56. The van der Waals surface area contributed by atoms with Crippen molar-refractivity contribution in [1.29, 1.82) is 0 Å². The Morgan fingerprint density at radius 3 is 2.74 bits per heavy atom. The smallest absolute Gasteiger partial charge is 0.396 e. The average Bonchev–Trinajstić information content (AvgIpc) is 2.80. The minimum atomic E-state index is -4.40. The van der Waals surface area contributed by atoms with E-state index in [0.29, 0.717) is 24.9 Å². The Labute approximate surface area is 108 Å². The van der Waals surface area contributed by atoms with Crippen LogP contribution in [0.1, 0.15) is 12.0 Å². The molecule has 1 fully saturated rings. The lowest BCUT2D eigenvalue weighted by Crippen LogP contribution is -2.35. The Bertz CT molecular complexity index is 461. The lowest BCUT2D eigenvalue weighted by atomic mass is 10.0. The normalized spacial score (nSPS) is 23.7. The van der Waals surface area contributed by atoms with Crippen molar-refractivity contribution in [2.75, 3.05) is 18.1 Å². The second-order valence-corrected chi connectivity index (χ2v) is 4.60. The van der Waals surface area contributed by atoms with Crippen molar-refractivity contribution in [1.82, 2.24) is 0 Å². The Morgan fingerprint density at radius 2 is 2.16 bits per heavy atom. The van der Waals surface area contributed by atoms with E-state index >= 15 is 0 Å². The fraction of sp³-hybridized carbons (Fsp3) is 0.462. The zero-order valence-electron chi connectivity index (χ0n) is 10.1. The van der Waals surface area contributed by atoms with Gasteiger partial charge in [0.2, 0.25) is 0 Å². The molecule has 0 saturated carbocycles. The number of hydrogen-bond acceptors (Lipinski definition) is 3. The third kappa shape index (κ3) is 2.73. The molecule has 1 saturated heterocycles. The second kappa shape index (κ2) is 5.21. The molecule has 2 unspecified atom stereocenters. The van der Waals surface area contributed by atoms with Gasteiger partial charge in [-0.1, -0.05) is 6.07 Å². The molecule has 0 amide bonds. The highest BCUT2D eigenvalue weighted by atomic mass is 19.4. The van der Waals surface area contributed by atoms with Crippen LogP contribution in [0.5, 0.6) is 0 Å². The van der Waals surface area contributed by atoms with E-state index < -0.39 is 17.8 Å². The van der Waals surface area contributed by atoms with E-state index in [4.69, 9.17) is 5.11 Å². The van der Waals surface area contributed by atoms with Gasteiger partial charge in [-0.15, -0.1) is 0 Å². The molecule has 104 valence electrons. The van der Waals surface area contributed by atoms with Gasteiger partial charge in [-0.3, -0.25) is 0 Å². The van der Waals surface area contributed by atoms with E-state index in [0.717, 1.165) is 12.1 Å². The first-order chi connectivity index (χ1) is 8.97. The molecule has 3 nitrogen and oxygen atoms in total. The van der Waals surface area contributed by atoms with E-state index in [1.54, 1.807) is 11.0 Å². The number of rotatable bonds is 3. The number of nitrogens with zero attached hydrogens (tertiary/aromatic N) is 1. The molecule has 1 N–H and O–H groups in total. The summed E-state index contributed by atoms with van der Waals surface area (Å²) in [5.41, 5.74) is -0.370. The summed E-state index contributed by atoms with van der Waals surface area (Å²) in [5.74, 6) is -0.216. The minimum Gasteiger partial charge on any atom is -0.396 e. The number of carbonyl (C=O) groups excluding carboxylic acids is 1. The highest BCUT2D eigenvalue weighted by Crippen LogP contribution is 2.34. The number of anilines is 1. The van der Waals surface area contributed by atoms with Crippen molar-refractivity contribution in [2.24, 2.45) is 5.92 Å². The zero-order chi connectivity index (χ0) is 14.0. The van der Waals surface area contributed by atoms with Crippen molar-refractivity contribution in [3.63, 3.8) is 0 Å². The first-order valence-corrected chi connectivity index (χ1v) is 5.97. The summed E-state index contributed by atoms with van der Waals surface area (Å²) in [5, 5.41) is 9.15. The lowest BCUT2D eigenvalue weighted by Gasteiger charge is -2.25. The van der Waals surface area contributed by atoms with Gasteiger partial charge in [0.05, 0.1) is 11.6 Å². The number of benzene rings is 1. The molecule has 1 aliphatic heterocycles. The van der Waals surface area contributed by atoms with Crippen molar-refractivity contribution < 1.29 is 23.1 Å². The topological polar surface area (TPSA) is 40.5 Å². The average molecular weight is 273 g/mol. The maximum atomic E-state index is 12.6. The largest absolute Gasteiger partial charge is 0.416 e. The summed E-state index contributed by atoms with van der Waals surface area (Å²) in [6.45, 7) is 0.328. The molecule has 1 aromatic rings. The van der Waals surface area contributed by atoms with Gasteiger partial charge in [0, 0.05) is 24.8 Å².